The van der Waals surface area contributed by atoms with Crippen LogP contribution in [0.15, 0.2) is 0 Å². The molecular formula is C6H12NNaO4. The van der Waals surface area contributed by atoms with Crippen LogP contribution < -0.4 is 35.2 Å². The summed E-state index contributed by atoms with van der Waals surface area (Å²) in [6.07, 6.45) is 0.466. The zero-order chi connectivity index (χ0) is 8.69. The Kier molecular flexibility index (Phi) is 10.8. The third kappa shape index (κ3) is 8.00. The van der Waals surface area contributed by atoms with Crippen molar-refractivity contribution >= 4 is 11.9 Å². The SMILES string of the molecule is CCC(=O)ONOC(=O)CC.[H-].[Na+]. The van der Waals surface area contributed by atoms with E-state index < -0.39 is 11.9 Å². The van der Waals surface area contributed by atoms with Gasteiger partial charge in [0.15, 0.2) is 0 Å². The smallest absolute Gasteiger partial charge is 1.00 e. The van der Waals surface area contributed by atoms with Crippen molar-refractivity contribution in [2.75, 3.05) is 0 Å². The van der Waals surface area contributed by atoms with Gasteiger partial charge in [-0.25, -0.2) is 0 Å². The molecule has 66 valence electrons. The van der Waals surface area contributed by atoms with Gasteiger partial charge in [0, 0.05) is 18.5 Å². The summed E-state index contributed by atoms with van der Waals surface area (Å²) in [6, 6.07) is 0. The van der Waals surface area contributed by atoms with Crippen LogP contribution >= 0.6 is 0 Å². The van der Waals surface area contributed by atoms with Crippen LogP contribution in [0.1, 0.15) is 28.1 Å². The molecule has 0 amide bonds. The molecule has 0 aromatic rings. The molecule has 0 aliphatic rings. The fourth-order valence-corrected chi connectivity index (χ4v) is 0.258. The fourth-order valence-electron chi connectivity index (χ4n) is 0.258. The number of nitrogens with one attached hydrogen (secondary N) is 1. The first-order valence-corrected chi connectivity index (χ1v) is 3.35. The van der Waals surface area contributed by atoms with Crippen molar-refractivity contribution < 1.29 is 50.2 Å². The van der Waals surface area contributed by atoms with Gasteiger partial charge in [0.05, 0.1) is 0 Å². The van der Waals surface area contributed by atoms with Gasteiger partial charge >= 0.3 is 41.5 Å². The third-order valence-corrected chi connectivity index (χ3v) is 0.888. The van der Waals surface area contributed by atoms with Crippen LogP contribution in [-0.2, 0) is 19.3 Å². The second-order valence-electron chi connectivity index (χ2n) is 1.74. The second-order valence-corrected chi connectivity index (χ2v) is 1.74. The maximum atomic E-state index is 10.4. The first kappa shape index (κ1) is 14.4. The second kappa shape index (κ2) is 8.99. The van der Waals surface area contributed by atoms with E-state index in [0.717, 1.165) is 0 Å². The Labute approximate surface area is 94.5 Å². The van der Waals surface area contributed by atoms with Crippen LogP contribution in [0.3, 0.4) is 0 Å². The molecule has 0 saturated carbocycles. The number of hydrogen-bond donors (Lipinski definition) is 1. The van der Waals surface area contributed by atoms with Crippen molar-refractivity contribution in [1.29, 1.82) is 0 Å². The Bertz CT molecular complexity index is 140. The minimum atomic E-state index is -0.478. The summed E-state index contributed by atoms with van der Waals surface area (Å²) in [6.45, 7) is 3.26. The van der Waals surface area contributed by atoms with Crippen LogP contribution in [0.5, 0.6) is 0 Å². The Morgan fingerprint density at radius 3 is 1.75 bits per heavy atom. The molecule has 1 N–H and O–H groups in total. The quantitative estimate of drug-likeness (QED) is 0.385. The van der Waals surface area contributed by atoms with E-state index in [2.05, 4.69) is 9.68 Å². The van der Waals surface area contributed by atoms with Gasteiger partial charge in [-0.15, -0.1) is 0 Å². The largest absolute Gasteiger partial charge is 1.00 e. The molecular weight excluding hydrogens is 173 g/mol. The Morgan fingerprint density at radius 2 is 1.50 bits per heavy atom. The van der Waals surface area contributed by atoms with E-state index in [1.807, 2.05) is 0 Å². The standard InChI is InChI=1S/C6H11NO4.Na.H/c1-3-5(8)10-7-11-6(9)4-2;;/h7H,3-4H2,1-2H3;;/q;+1;-1. The van der Waals surface area contributed by atoms with Crippen molar-refractivity contribution in [2.45, 2.75) is 26.7 Å². The molecule has 6 heteroatoms. The van der Waals surface area contributed by atoms with Gasteiger partial charge in [-0.1, -0.05) is 13.8 Å². The van der Waals surface area contributed by atoms with Crippen LogP contribution in [0.2, 0.25) is 0 Å². The molecule has 0 atom stereocenters. The van der Waals surface area contributed by atoms with E-state index in [1.165, 1.54) is 0 Å². The molecule has 0 unspecified atom stereocenters. The molecule has 0 bridgehead atoms. The Balaban J connectivity index is -0.000000500. The molecule has 0 aromatic heterocycles. The molecule has 0 radical (unpaired) electrons. The summed E-state index contributed by atoms with van der Waals surface area (Å²) >= 11 is 0. The molecule has 0 rings (SSSR count). The van der Waals surface area contributed by atoms with E-state index in [1.54, 1.807) is 19.5 Å². The summed E-state index contributed by atoms with van der Waals surface area (Å²) in [5.74, 6) is -0.956. The average molecular weight is 185 g/mol. The Hall–Kier alpha value is -0.100. The zero-order valence-corrected chi connectivity index (χ0v) is 9.55. The van der Waals surface area contributed by atoms with Gasteiger partial charge < -0.3 is 11.1 Å². The van der Waals surface area contributed by atoms with Gasteiger partial charge in [0.2, 0.25) is 0 Å². The van der Waals surface area contributed by atoms with Crippen LogP contribution in [0.25, 0.3) is 0 Å². The average Bonchev–Trinajstić information content (AvgIpc) is 2.04. The van der Waals surface area contributed by atoms with Crippen molar-refractivity contribution in [3.63, 3.8) is 0 Å². The van der Waals surface area contributed by atoms with E-state index in [9.17, 15) is 9.59 Å². The van der Waals surface area contributed by atoms with E-state index in [4.69, 9.17) is 0 Å². The number of hydrogen-bond acceptors (Lipinski definition) is 5. The first-order valence-electron chi connectivity index (χ1n) is 3.35. The van der Waals surface area contributed by atoms with Crippen molar-refractivity contribution in [1.82, 2.24) is 5.64 Å². The topological polar surface area (TPSA) is 64.6 Å². The van der Waals surface area contributed by atoms with Crippen molar-refractivity contribution in [3.8, 4) is 0 Å². The minimum absolute atomic E-state index is 0. The maximum Gasteiger partial charge on any atom is 1.00 e. The predicted octanol–water partition coefficient (Wildman–Crippen LogP) is -2.57. The summed E-state index contributed by atoms with van der Waals surface area (Å²) in [5.41, 5.74) is 1.79. The van der Waals surface area contributed by atoms with E-state index in [-0.39, 0.29) is 43.8 Å². The molecule has 0 heterocycles. The number of rotatable bonds is 4. The summed E-state index contributed by atoms with van der Waals surface area (Å²) in [7, 11) is 0. The molecule has 0 fully saturated rings. The Morgan fingerprint density at radius 1 is 1.17 bits per heavy atom. The summed E-state index contributed by atoms with van der Waals surface area (Å²) < 4.78 is 0. The minimum Gasteiger partial charge on any atom is -1.00 e. The molecule has 0 aromatic carbocycles. The van der Waals surface area contributed by atoms with E-state index >= 15 is 0 Å². The molecule has 0 aliphatic heterocycles. The summed E-state index contributed by atoms with van der Waals surface area (Å²) in [4.78, 5) is 29.3. The molecule has 0 spiro atoms. The monoisotopic (exact) mass is 185 g/mol. The van der Waals surface area contributed by atoms with Crippen LogP contribution in [0, 0.1) is 0 Å². The van der Waals surface area contributed by atoms with Gasteiger partial charge in [0.25, 0.3) is 0 Å². The molecule has 0 saturated heterocycles. The first-order chi connectivity index (χ1) is 5.20. The van der Waals surface area contributed by atoms with Crippen LogP contribution in [0.4, 0.5) is 0 Å². The summed E-state index contributed by atoms with van der Waals surface area (Å²) in [5, 5.41) is 0. The van der Waals surface area contributed by atoms with Gasteiger partial charge in [-0.05, 0) is 0 Å². The number of carbonyl (C=O) groups excluding carboxylic acids is 2. The van der Waals surface area contributed by atoms with Crippen LogP contribution in [-0.4, -0.2) is 11.9 Å². The van der Waals surface area contributed by atoms with Crippen molar-refractivity contribution in [2.24, 2.45) is 0 Å². The fraction of sp³-hybridized carbons (Fsp3) is 0.667. The van der Waals surface area contributed by atoms with Crippen molar-refractivity contribution in [3.05, 3.63) is 0 Å². The molecule has 0 aliphatic carbocycles. The molecule has 12 heavy (non-hydrogen) atoms. The number of carbonyl (C=O) groups is 2. The third-order valence-electron chi connectivity index (χ3n) is 0.888. The van der Waals surface area contributed by atoms with Gasteiger partial charge in [-0.3, -0.25) is 9.59 Å². The van der Waals surface area contributed by atoms with Gasteiger partial charge in [-0.2, -0.15) is 0 Å². The van der Waals surface area contributed by atoms with E-state index in [0.29, 0.717) is 0 Å². The predicted molar refractivity (Wildman–Crippen MR) is 37.0 cm³/mol. The normalized spacial score (nSPS) is 8.17. The molecule has 5 nitrogen and oxygen atoms in total. The zero-order valence-electron chi connectivity index (χ0n) is 8.55. The van der Waals surface area contributed by atoms with Gasteiger partial charge in [0.1, 0.15) is 0 Å². The maximum absolute atomic E-state index is 10.4.